The van der Waals surface area contributed by atoms with Gasteiger partial charge in [0.25, 0.3) is 0 Å². The molecule has 0 bridgehead atoms. The Labute approximate surface area is 342 Å². The summed E-state index contributed by atoms with van der Waals surface area (Å²) in [4.78, 5) is 78.9. The molecule has 2 aromatic carbocycles. The first-order valence-electron chi connectivity index (χ1n) is 19.9. The largest absolute Gasteiger partial charge is 0.469 e. The second kappa shape index (κ2) is 24.0. The van der Waals surface area contributed by atoms with E-state index >= 15 is 0 Å². The first-order valence-corrected chi connectivity index (χ1v) is 19.9. The lowest BCUT2D eigenvalue weighted by atomic mass is 9.95. The number of aliphatic hydroxyl groups excluding tert-OH is 2. The third-order valence-electron chi connectivity index (χ3n) is 9.01. The Morgan fingerprint density at radius 1 is 0.603 bits per heavy atom. The molecule has 0 fully saturated rings. The molecule has 0 spiro atoms. The summed E-state index contributed by atoms with van der Waals surface area (Å²) < 4.78 is 10.1. The molecule has 7 N–H and O–H groups in total. The highest BCUT2D eigenvalue weighted by Crippen LogP contribution is 2.15. The van der Waals surface area contributed by atoms with Gasteiger partial charge in [0.2, 0.25) is 23.6 Å². The van der Waals surface area contributed by atoms with Crippen molar-refractivity contribution < 1.29 is 48.5 Å². The van der Waals surface area contributed by atoms with Crippen LogP contribution < -0.4 is 26.6 Å². The Bertz CT molecular complexity index is 1620. The molecule has 0 saturated carbocycles. The molecule has 58 heavy (non-hydrogen) atoms. The summed E-state index contributed by atoms with van der Waals surface area (Å²) in [6, 6.07) is 13.1. The van der Waals surface area contributed by atoms with E-state index in [1.807, 2.05) is 64.1 Å². The number of hydrogen-bond donors (Lipinski definition) is 7. The van der Waals surface area contributed by atoms with Crippen molar-refractivity contribution in [2.24, 2.45) is 11.8 Å². The number of rotatable bonds is 22. The Morgan fingerprint density at radius 2 is 1.03 bits per heavy atom. The summed E-state index contributed by atoms with van der Waals surface area (Å²) in [7, 11) is 1.20. The van der Waals surface area contributed by atoms with E-state index in [2.05, 4.69) is 31.3 Å². The summed E-state index contributed by atoms with van der Waals surface area (Å²) in [6.07, 6.45) is -3.37. The van der Waals surface area contributed by atoms with Gasteiger partial charge in [-0.05, 0) is 63.5 Å². The monoisotopic (exact) mass is 811 g/mol. The van der Waals surface area contributed by atoms with Crippen LogP contribution in [0.2, 0.25) is 0 Å². The van der Waals surface area contributed by atoms with Crippen molar-refractivity contribution in [2.45, 2.75) is 142 Å². The van der Waals surface area contributed by atoms with E-state index in [0.717, 1.165) is 11.1 Å². The van der Waals surface area contributed by atoms with Gasteiger partial charge in [-0.2, -0.15) is 0 Å². The van der Waals surface area contributed by atoms with E-state index in [4.69, 9.17) is 4.74 Å². The number of benzene rings is 2. The normalized spacial score (nSPS) is 15.1. The molecular weight excluding hydrogens is 746 g/mol. The van der Waals surface area contributed by atoms with Crippen molar-refractivity contribution in [3.8, 4) is 0 Å². The minimum absolute atomic E-state index is 0.0301. The van der Waals surface area contributed by atoms with Crippen molar-refractivity contribution in [3.63, 3.8) is 0 Å². The molecule has 0 aliphatic rings. The van der Waals surface area contributed by atoms with E-state index in [0.29, 0.717) is 6.42 Å². The highest BCUT2D eigenvalue weighted by atomic mass is 16.6. The Hall–Kier alpha value is -5.02. The standard InChI is InChI=1S/C43H65N5O10/c1-26(2)20-31(35(49)24-37(51)44-28(5)39(53)45-32(21-27(3)4)36(50)25-38(52)57-9)46-40(54)33(22-29-16-12-10-13-17-29)47-41(55)34(23-30-18-14-11-15-19-30)48-42(56)58-43(6,7)8/h10-19,26-28,31-36,49-50H,20-25H2,1-9H3,(H,44,51)(H,45,53)(H,46,54)(H,47,55)(H,48,56)/t28-,31-,32-,33-,34+,35?,36?/m0/s1. The Kier molecular flexibility index (Phi) is 20.4. The van der Waals surface area contributed by atoms with Crippen LogP contribution in [-0.2, 0) is 46.3 Å². The molecule has 2 rings (SSSR count). The van der Waals surface area contributed by atoms with Gasteiger partial charge in [-0.3, -0.25) is 24.0 Å². The van der Waals surface area contributed by atoms with Crippen molar-refractivity contribution in [1.82, 2.24) is 26.6 Å². The fourth-order valence-corrected chi connectivity index (χ4v) is 6.17. The fraction of sp³-hybridized carbons (Fsp3) is 0.581. The quantitative estimate of drug-likeness (QED) is 0.0862. The average Bonchev–Trinajstić information content (AvgIpc) is 3.13. The van der Waals surface area contributed by atoms with Crippen LogP contribution in [0.5, 0.6) is 0 Å². The number of carbonyl (C=O) groups is 6. The molecule has 7 atom stereocenters. The lowest BCUT2D eigenvalue weighted by Gasteiger charge is -2.29. The van der Waals surface area contributed by atoms with Crippen LogP contribution in [0, 0.1) is 11.8 Å². The number of nitrogens with one attached hydrogen (secondary N) is 5. The number of aliphatic hydroxyl groups is 2. The van der Waals surface area contributed by atoms with E-state index in [-0.39, 0.29) is 37.5 Å². The topological polar surface area (TPSA) is 221 Å². The molecule has 0 aliphatic heterocycles. The SMILES string of the molecule is COC(=O)CC(O)[C@H](CC(C)C)NC(=O)[C@H](C)NC(=O)CC(O)[C@H](CC(C)C)NC(=O)[C@H](Cc1ccccc1)NC(=O)[C@@H](Cc1ccccc1)NC(=O)OC(C)(C)C. The lowest BCUT2D eigenvalue weighted by molar-refractivity contribution is -0.144. The minimum atomic E-state index is -1.38. The zero-order valence-corrected chi connectivity index (χ0v) is 35.4. The molecule has 15 heteroatoms. The van der Waals surface area contributed by atoms with Crippen molar-refractivity contribution in [1.29, 1.82) is 0 Å². The van der Waals surface area contributed by atoms with Crippen LogP contribution in [0.25, 0.3) is 0 Å². The third kappa shape index (κ3) is 18.9. The predicted molar refractivity (Wildman–Crippen MR) is 219 cm³/mol. The molecular formula is C43H65N5O10. The molecule has 2 aromatic rings. The number of ether oxygens (including phenoxy) is 2. The molecule has 0 radical (unpaired) electrons. The second-order valence-corrected chi connectivity index (χ2v) is 16.5. The molecule has 15 nitrogen and oxygen atoms in total. The van der Waals surface area contributed by atoms with Crippen LogP contribution in [0.15, 0.2) is 60.7 Å². The highest BCUT2D eigenvalue weighted by Gasteiger charge is 2.33. The van der Waals surface area contributed by atoms with Crippen LogP contribution in [-0.4, -0.2) is 101 Å². The van der Waals surface area contributed by atoms with Gasteiger partial charge in [0.1, 0.15) is 23.7 Å². The van der Waals surface area contributed by atoms with Gasteiger partial charge in [0.15, 0.2) is 0 Å². The predicted octanol–water partition coefficient (Wildman–Crippen LogP) is 3.09. The summed E-state index contributed by atoms with van der Waals surface area (Å²) in [5.41, 5.74) is 0.678. The molecule has 0 aromatic heterocycles. The Balaban J connectivity index is 2.25. The van der Waals surface area contributed by atoms with Crippen molar-refractivity contribution >= 4 is 35.7 Å². The van der Waals surface area contributed by atoms with Gasteiger partial charge >= 0.3 is 12.1 Å². The average molecular weight is 812 g/mol. The number of alkyl carbamates (subject to hydrolysis) is 1. The molecule has 0 heterocycles. The number of esters is 1. The van der Waals surface area contributed by atoms with Crippen LogP contribution in [0.3, 0.4) is 0 Å². The second-order valence-electron chi connectivity index (χ2n) is 16.5. The molecule has 0 aliphatic carbocycles. The number of methoxy groups -OCH3 is 1. The van der Waals surface area contributed by atoms with Crippen LogP contribution >= 0.6 is 0 Å². The first kappa shape index (κ1) is 49.1. The molecule has 2 unspecified atom stereocenters. The van der Waals surface area contributed by atoms with Crippen molar-refractivity contribution in [2.75, 3.05) is 7.11 Å². The van der Waals surface area contributed by atoms with Gasteiger partial charge in [-0.1, -0.05) is 88.4 Å². The van der Waals surface area contributed by atoms with Gasteiger partial charge < -0.3 is 46.3 Å². The lowest BCUT2D eigenvalue weighted by Crippen LogP contribution is -2.58. The van der Waals surface area contributed by atoms with Gasteiger partial charge in [-0.25, -0.2) is 4.79 Å². The van der Waals surface area contributed by atoms with Crippen LogP contribution in [0.4, 0.5) is 4.79 Å². The molecule has 5 amide bonds. The smallest absolute Gasteiger partial charge is 0.408 e. The number of carbonyl (C=O) groups excluding carboxylic acids is 6. The van der Waals surface area contributed by atoms with E-state index < -0.39 is 90.1 Å². The zero-order valence-electron chi connectivity index (χ0n) is 35.4. The maximum Gasteiger partial charge on any atom is 0.408 e. The summed E-state index contributed by atoms with van der Waals surface area (Å²) in [5.74, 6) is -3.12. The van der Waals surface area contributed by atoms with Crippen molar-refractivity contribution in [3.05, 3.63) is 71.8 Å². The summed E-state index contributed by atoms with van der Waals surface area (Å²) >= 11 is 0. The molecule has 0 saturated heterocycles. The number of amides is 5. The first-order chi connectivity index (χ1) is 27.2. The maximum absolute atomic E-state index is 14.1. The third-order valence-corrected chi connectivity index (χ3v) is 9.01. The van der Waals surface area contributed by atoms with E-state index in [9.17, 15) is 39.0 Å². The highest BCUT2D eigenvalue weighted by molar-refractivity contribution is 5.92. The van der Waals surface area contributed by atoms with Gasteiger partial charge in [0, 0.05) is 12.8 Å². The summed E-state index contributed by atoms with van der Waals surface area (Å²) in [6.45, 7) is 14.1. The van der Waals surface area contributed by atoms with Gasteiger partial charge in [-0.15, -0.1) is 0 Å². The summed E-state index contributed by atoms with van der Waals surface area (Å²) in [5, 5.41) is 35.5. The maximum atomic E-state index is 14.1. The minimum Gasteiger partial charge on any atom is -0.469 e. The van der Waals surface area contributed by atoms with Gasteiger partial charge in [0.05, 0.1) is 44.2 Å². The van der Waals surface area contributed by atoms with E-state index in [1.54, 1.807) is 45.0 Å². The molecule has 322 valence electrons. The fourth-order valence-electron chi connectivity index (χ4n) is 6.17. The van der Waals surface area contributed by atoms with Crippen LogP contribution in [0.1, 0.15) is 92.2 Å². The van der Waals surface area contributed by atoms with E-state index in [1.165, 1.54) is 14.0 Å². The Morgan fingerprint density at radius 3 is 1.48 bits per heavy atom. The zero-order chi connectivity index (χ0) is 43.6. The number of hydrogen-bond acceptors (Lipinski definition) is 10.